The van der Waals surface area contributed by atoms with E-state index in [4.69, 9.17) is 4.74 Å². The molecule has 1 rings (SSSR count). The number of hydrogen-bond acceptors (Lipinski definition) is 3. The van der Waals surface area contributed by atoms with Gasteiger partial charge in [0.2, 0.25) is 0 Å². The zero-order valence-corrected chi connectivity index (χ0v) is 8.79. The van der Waals surface area contributed by atoms with Crippen molar-refractivity contribution in [2.75, 3.05) is 7.11 Å². The Kier molecular flexibility index (Phi) is 2.87. The Morgan fingerprint density at radius 2 is 2.15 bits per heavy atom. The SMILES string of the molecule is COc1cc(C)c(Br)cc1[N+](=O)[O-]. The Hall–Kier alpha value is -1.10. The van der Waals surface area contributed by atoms with Crippen LogP contribution in [0, 0.1) is 17.0 Å². The van der Waals surface area contributed by atoms with E-state index in [2.05, 4.69) is 15.9 Å². The van der Waals surface area contributed by atoms with Gasteiger partial charge in [-0.2, -0.15) is 0 Å². The first kappa shape index (κ1) is 9.98. The molecule has 1 aromatic carbocycles. The number of benzene rings is 1. The fourth-order valence-corrected chi connectivity index (χ4v) is 1.28. The molecule has 0 atom stereocenters. The minimum Gasteiger partial charge on any atom is -0.490 e. The van der Waals surface area contributed by atoms with Gasteiger partial charge in [0.25, 0.3) is 0 Å². The summed E-state index contributed by atoms with van der Waals surface area (Å²) in [7, 11) is 1.41. The maximum Gasteiger partial charge on any atom is 0.312 e. The topological polar surface area (TPSA) is 52.4 Å². The second-order valence-electron chi connectivity index (χ2n) is 2.53. The van der Waals surface area contributed by atoms with Crippen LogP contribution >= 0.6 is 15.9 Å². The lowest BCUT2D eigenvalue weighted by Gasteiger charge is -2.03. The lowest BCUT2D eigenvalue weighted by molar-refractivity contribution is -0.385. The number of rotatable bonds is 2. The van der Waals surface area contributed by atoms with Crippen molar-refractivity contribution < 1.29 is 9.66 Å². The van der Waals surface area contributed by atoms with Crippen molar-refractivity contribution in [2.24, 2.45) is 0 Å². The van der Waals surface area contributed by atoms with Gasteiger partial charge < -0.3 is 4.74 Å². The molecule has 0 saturated heterocycles. The summed E-state index contributed by atoms with van der Waals surface area (Å²) in [5, 5.41) is 10.5. The molecule has 0 aliphatic rings. The highest BCUT2D eigenvalue weighted by Gasteiger charge is 2.15. The molecular formula is C8H8BrNO3. The van der Waals surface area contributed by atoms with Crippen molar-refractivity contribution in [1.29, 1.82) is 0 Å². The molecule has 0 amide bonds. The zero-order valence-electron chi connectivity index (χ0n) is 7.20. The Balaban J connectivity index is 3.33. The van der Waals surface area contributed by atoms with E-state index in [0.717, 1.165) is 5.56 Å². The van der Waals surface area contributed by atoms with Crippen molar-refractivity contribution in [1.82, 2.24) is 0 Å². The van der Waals surface area contributed by atoms with Crippen molar-refractivity contribution in [3.05, 3.63) is 32.3 Å². The zero-order chi connectivity index (χ0) is 10.0. The van der Waals surface area contributed by atoms with E-state index in [9.17, 15) is 10.1 Å². The second kappa shape index (κ2) is 3.74. The van der Waals surface area contributed by atoms with Crippen molar-refractivity contribution >= 4 is 21.6 Å². The van der Waals surface area contributed by atoms with Gasteiger partial charge in [-0.05, 0) is 18.6 Å². The fraction of sp³-hybridized carbons (Fsp3) is 0.250. The first-order valence-corrected chi connectivity index (χ1v) is 4.34. The average Bonchev–Trinajstić information content (AvgIpc) is 2.08. The van der Waals surface area contributed by atoms with Crippen molar-refractivity contribution in [2.45, 2.75) is 6.92 Å². The highest BCUT2D eigenvalue weighted by molar-refractivity contribution is 9.10. The first-order valence-electron chi connectivity index (χ1n) is 3.54. The van der Waals surface area contributed by atoms with Gasteiger partial charge in [-0.15, -0.1) is 0 Å². The third-order valence-electron chi connectivity index (χ3n) is 1.66. The van der Waals surface area contributed by atoms with E-state index in [1.807, 2.05) is 6.92 Å². The summed E-state index contributed by atoms with van der Waals surface area (Å²) in [5.41, 5.74) is 0.877. The minimum absolute atomic E-state index is 0.0278. The normalized spacial score (nSPS) is 9.77. The lowest BCUT2D eigenvalue weighted by Crippen LogP contribution is -1.94. The predicted octanol–water partition coefficient (Wildman–Crippen LogP) is 2.67. The molecule has 0 aromatic heterocycles. The van der Waals surface area contributed by atoms with E-state index >= 15 is 0 Å². The first-order chi connectivity index (χ1) is 6.06. The molecule has 0 saturated carbocycles. The molecule has 70 valence electrons. The smallest absolute Gasteiger partial charge is 0.312 e. The van der Waals surface area contributed by atoms with Gasteiger partial charge in [-0.25, -0.2) is 0 Å². The maximum atomic E-state index is 10.5. The Morgan fingerprint density at radius 3 is 2.62 bits per heavy atom. The van der Waals surface area contributed by atoms with Gasteiger partial charge in [-0.3, -0.25) is 10.1 Å². The Labute approximate surface area is 83.8 Å². The molecule has 0 fully saturated rings. The number of hydrogen-bond donors (Lipinski definition) is 0. The Morgan fingerprint density at radius 1 is 1.54 bits per heavy atom. The fourth-order valence-electron chi connectivity index (χ4n) is 0.951. The summed E-state index contributed by atoms with van der Waals surface area (Å²) in [6.07, 6.45) is 0. The van der Waals surface area contributed by atoms with Crippen LogP contribution in [0.5, 0.6) is 5.75 Å². The minimum atomic E-state index is -0.469. The summed E-state index contributed by atoms with van der Waals surface area (Å²) >= 11 is 3.22. The van der Waals surface area contributed by atoms with Crippen LogP contribution in [0.25, 0.3) is 0 Å². The van der Waals surface area contributed by atoms with E-state index in [1.54, 1.807) is 6.07 Å². The third-order valence-corrected chi connectivity index (χ3v) is 2.51. The Bertz CT molecular complexity index is 351. The van der Waals surface area contributed by atoms with Crippen molar-refractivity contribution in [3.8, 4) is 5.75 Å². The van der Waals surface area contributed by atoms with E-state index < -0.39 is 4.92 Å². The molecule has 1 aromatic rings. The third kappa shape index (κ3) is 1.98. The molecule has 0 aliphatic heterocycles. The lowest BCUT2D eigenvalue weighted by atomic mass is 10.2. The van der Waals surface area contributed by atoms with Crippen molar-refractivity contribution in [3.63, 3.8) is 0 Å². The standard InChI is InChI=1S/C8H8BrNO3/c1-5-3-8(13-2)7(10(11)12)4-6(5)9/h3-4H,1-2H3. The molecule has 4 nitrogen and oxygen atoms in total. The van der Waals surface area contributed by atoms with Gasteiger partial charge >= 0.3 is 5.69 Å². The number of ether oxygens (including phenoxy) is 1. The van der Waals surface area contributed by atoms with E-state index in [-0.39, 0.29) is 11.4 Å². The maximum absolute atomic E-state index is 10.5. The molecule has 0 spiro atoms. The summed E-state index contributed by atoms with van der Waals surface area (Å²) in [6, 6.07) is 3.07. The molecule has 0 aliphatic carbocycles. The highest BCUT2D eigenvalue weighted by Crippen LogP contribution is 2.32. The molecular weight excluding hydrogens is 238 g/mol. The van der Waals surface area contributed by atoms with Crippen LogP contribution in [0.4, 0.5) is 5.69 Å². The molecule has 0 unspecified atom stereocenters. The van der Waals surface area contributed by atoms with Crippen LogP contribution < -0.4 is 4.74 Å². The summed E-state index contributed by atoms with van der Waals surface area (Å²) < 4.78 is 5.59. The quantitative estimate of drug-likeness (QED) is 0.595. The molecule has 0 N–H and O–H groups in total. The van der Waals surface area contributed by atoms with Gasteiger partial charge in [0.05, 0.1) is 12.0 Å². The van der Waals surface area contributed by atoms with Crippen LogP contribution in [-0.2, 0) is 0 Å². The average molecular weight is 246 g/mol. The summed E-state index contributed by atoms with van der Waals surface area (Å²) in [6.45, 7) is 1.84. The van der Waals surface area contributed by atoms with Crippen LogP contribution in [0.2, 0.25) is 0 Å². The molecule has 5 heteroatoms. The number of halogens is 1. The van der Waals surface area contributed by atoms with Crippen LogP contribution in [0.15, 0.2) is 16.6 Å². The highest BCUT2D eigenvalue weighted by atomic mass is 79.9. The van der Waals surface area contributed by atoms with Gasteiger partial charge in [0, 0.05) is 10.5 Å². The monoisotopic (exact) mass is 245 g/mol. The van der Waals surface area contributed by atoms with Crippen LogP contribution in [-0.4, -0.2) is 12.0 Å². The van der Waals surface area contributed by atoms with E-state index in [1.165, 1.54) is 13.2 Å². The molecule has 13 heavy (non-hydrogen) atoms. The van der Waals surface area contributed by atoms with Crippen LogP contribution in [0.1, 0.15) is 5.56 Å². The predicted molar refractivity (Wildman–Crippen MR) is 52.1 cm³/mol. The summed E-state index contributed by atoms with van der Waals surface area (Å²) in [5.74, 6) is 0.283. The number of methoxy groups -OCH3 is 1. The van der Waals surface area contributed by atoms with Gasteiger partial charge in [-0.1, -0.05) is 15.9 Å². The summed E-state index contributed by atoms with van der Waals surface area (Å²) in [4.78, 5) is 10.1. The van der Waals surface area contributed by atoms with E-state index in [0.29, 0.717) is 4.47 Å². The van der Waals surface area contributed by atoms with Gasteiger partial charge in [0.1, 0.15) is 0 Å². The number of nitro benzene ring substituents is 1. The molecule has 0 radical (unpaired) electrons. The van der Waals surface area contributed by atoms with Crippen LogP contribution in [0.3, 0.4) is 0 Å². The number of aryl methyl sites for hydroxylation is 1. The number of nitro groups is 1. The number of nitrogens with zero attached hydrogens (tertiary/aromatic N) is 1. The second-order valence-corrected chi connectivity index (χ2v) is 3.38. The molecule has 0 bridgehead atoms. The molecule has 0 heterocycles. The largest absolute Gasteiger partial charge is 0.490 e. The van der Waals surface area contributed by atoms with Gasteiger partial charge in [0.15, 0.2) is 5.75 Å².